The molecule has 1 amide bonds. The highest BCUT2D eigenvalue weighted by molar-refractivity contribution is 5.96. The van der Waals surface area contributed by atoms with E-state index in [9.17, 15) is 9.59 Å². The van der Waals surface area contributed by atoms with Gasteiger partial charge in [0.05, 0.1) is 0 Å². The van der Waals surface area contributed by atoms with Gasteiger partial charge in [0, 0.05) is 24.8 Å². The van der Waals surface area contributed by atoms with Gasteiger partial charge in [0.2, 0.25) is 0 Å². The molecule has 0 bridgehead atoms. The van der Waals surface area contributed by atoms with E-state index in [4.69, 9.17) is 4.74 Å². The lowest BCUT2D eigenvalue weighted by Crippen LogP contribution is -2.34. The maximum atomic E-state index is 12.0. The monoisotopic (exact) mass is 306 g/mol. The van der Waals surface area contributed by atoms with Crippen LogP contribution in [0.5, 0.6) is 0 Å². The summed E-state index contributed by atoms with van der Waals surface area (Å²) in [6.45, 7) is 8.32. The van der Waals surface area contributed by atoms with Crippen molar-refractivity contribution >= 4 is 17.6 Å². The smallest absolute Gasteiger partial charge is 0.325 e. The number of carbonyl (C=O) groups excluding carboxylic acids is 2. The van der Waals surface area contributed by atoms with E-state index in [-0.39, 0.29) is 12.5 Å². The number of nitrogens with one attached hydrogen (secondary N) is 1. The van der Waals surface area contributed by atoms with Crippen molar-refractivity contribution < 1.29 is 14.3 Å². The van der Waals surface area contributed by atoms with Crippen LogP contribution >= 0.6 is 0 Å². The molecular formula is C17H26N2O3. The predicted octanol–water partition coefficient (Wildman–Crippen LogP) is 2.60. The zero-order chi connectivity index (χ0) is 16.8. The first-order valence-corrected chi connectivity index (χ1v) is 7.54. The maximum Gasteiger partial charge on any atom is 0.325 e. The molecule has 5 nitrogen and oxygen atoms in total. The summed E-state index contributed by atoms with van der Waals surface area (Å²) in [6.07, 6.45) is 1.06. The van der Waals surface area contributed by atoms with E-state index < -0.39 is 11.6 Å². The summed E-state index contributed by atoms with van der Waals surface area (Å²) in [5, 5.41) is 2.57. The minimum Gasteiger partial charge on any atom is -0.459 e. The Morgan fingerprint density at radius 2 is 1.77 bits per heavy atom. The van der Waals surface area contributed by atoms with Crippen molar-refractivity contribution in [2.75, 3.05) is 25.0 Å². The third kappa shape index (κ3) is 6.16. The second-order valence-corrected chi connectivity index (χ2v) is 6.24. The molecule has 1 aromatic rings. The molecule has 0 aliphatic rings. The molecule has 1 aromatic carbocycles. The Hall–Kier alpha value is -2.04. The topological polar surface area (TPSA) is 58.6 Å². The van der Waals surface area contributed by atoms with Crippen LogP contribution in [-0.4, -0.2) is 37.6 Å². The molecule has 1 N–H and O–H groups in total. The van der Waals surface area contributed by atoms with Gasteiger partial charge in [0.1, 0.15) is 12.1 Å². The lowest BCUT2D eigenvalue weighted by Gasteiger charge is -2.20. The maximum absolute atomic E-state index is 12.0. The zero-order valence-corrected chi connectivity index (χ0v) is 14.1. The van der Waals surface area contributed by atoms with Crippen LogP contribution in [0.15, 0.2) is 24.3 Å². The largest absolute Gasteiger partial charge is 0.459 e. The van der Waals surface area contributed by atoms with Crippen molar-refractivity contribution in [3.05, 3.63) is 29.8 Å². The Kier molecular flexibility index (Phi) is 6.40. The molecule has 22 heavy (non-hydrogen) atoms. The quantitative estimate of drug-likeness (QED) is 0.821. The predicted molar refractivity (Wildman–Crippen MR) is 88.2 cm³/mol. The first-order valence-electron chi connectivity index (χ1n) is 7.54. The van der Waals surface area contributed by atoms with Crippen molar-refractivity contribution in [1.82, 2.24) is 5.32 Å². The van der Waals surface area contributed by atoms with Crippen molar-refractivity contribution in [2.24, 2.45) is 0 Å². The number of hydrogen-bond donors (Lipinski definition) is 1. The van der Waals surface area contributed by atoms with Crippen LogP contribution in [0, 0.1) is 0 Å². The minimum absolute atomic E-state index is 0.131. The van der Waals surface area contributed by atoms with E-state index in [2.05, 4.69) is 17.1 Å². The number of rotatable bonds is 6. The number of hydrogen-bond acceptors (Lipinski definition) is 4. The Morgan fingerprint density at radius 1 is 1.18 bits per heavy atom. The molecule has 0 aromatic heterocycles. The van der Waals surface area contributed by atoms with Crippen LogP contribution in [0.4, 0.5) is 5.69 Å². The molecule has 0 fully saturated rings. The Morgan fingerprint density at radius 3 is 2.27 bits per heavy atom. The molecule has 1 rings (SSSR count). The molecule has 0 spiro atoms. The van der Waals surface area contributed by atoms with Gasteiger partial charge in [-0.3, -0.25) is 9.59 Å². The fourth-order valence-corrected chi connectivity index (χ4v) is 1.96. The minimum atomic E-state index is -0.548. The van der Waals surface area contributed by atoms with Crippen molar-refractivity contribution in [3.63, 3.8) is 0 Å². The highest BCUT2D eigenvalue weighted by atomic mass is 16.6. The second kappa shape index (κ2) is 7.82. The normalized spacial score (nSPS) is 11.0. The summed E-state index contributed by atoms with van der Waals surface area (Å²) in [4.78, 5) is 25.7. The fraction of sp³-hybridized carbons (Fsp3) is 0.529. The summed E-state index contributed by atoms with van der Waals surface area (Å²) in [5.41, 5.74) is 1.04. The average Bonchev–Trinajstić information content (AvgIpc) is 2.43. The third-order valence-corrected chi connectivity index (χ3v) is 2.94. The lowest BCUT2D eigenvalue weighted by molar-refractivity contribution is -0.153. The van der Waals surface area contributed by atoms with Gasteiger partial charge in [-0.15, -0.1) is 0 Å². The van der Waals surface area contributed by atoms with Gasteiger partial charge in [0.25, 0.3) is 5.91 Å². The second-order valence-electron chi connectivity index (χ2n) is 6.24. The number of ether oxygens (including phenoxy) is 1. The number of benzene rings is 1. The van der Waals surface area contributed by atoms with Crippen molar-refractivity contribution in [3.8, 4) is 0 Å². The van der Waals surface area contributed by atoms with E-state index in [0.717, 1.165) is 18.7 Å². The van der Waals surface area contributed by atoms with Crippen LogP contribution in [0.1, 0.15) is 44.5 Å². The van der Waals surface area contributed by atoms with Gasteiger partial charge >= 0.3 is 5.97 Å². The fourth-order valence-electron chi connectivity index (χ4n) is 1.96. The molecule has 0 aliphatic carbocycles. The molecule has 0 radical (unpaired) electrons. The Labute approximate surface area is 132 Å². The summed E-state index contributed by atoms with van der Waals surface area (Å²) >= 11 is 0. The van der Waals surface area contributed by atoms with Gasteiger partial charge in [-0.1, -0.05) is 6.92 Å². The van der Waals surface area contributed by atoms with Gasteiger partial charge in [-0.05, 0) is 51.5 Å². The Balaban J connectivity index is 2.54. The van der Waals surface area contributed by atoms with E-state index in [1.807, 2.05) is 19.2 Å². The number of amides is 1. The molecule has 5 heteroatoms. The molecular weight excluding hydrogens is 280 g/mol. The standard InChI is InChI=1S/C17H26N2O3/c1-6-11-19(5)14-9-7-13(8-10-14)16(21)18-12-15(20)22-17(2,3)4/h7-10H,6,11-12H2,1-5H3,(H,18,21). The van der Waals surface area contributed by atoms with E-state index in [1.165, 1.54) is 0 Å². The Bertz CT molecular complexity index is 504. The van der Waals surface area contributed by atoms with E-state index in [0.29, 0.717) is 5.56 Å². The molecule has 122 valence electrons. The zero-order valence-electron chi connectivity index (χ0n) is 14.1. The molecule has 0 saturated heterocycles. The van der Waals surface area contributed by atoms with Gasteiger partial charge in [0.15, 0.2) is 0 Å². The summed E-state index contributed by atoms with van der Waals surface area (Å²) in [5.74, 6) is -0.726. The highest BCUT2D eigenvalue weighted by Gasteiger charge is 2.17. The van der Waals surface area contributed by atoms with Crippen LogP contribution in [0.3, 0.4) is 0 Å². The lowest BCUT2D eigenvalue weighted by atomic mass is 10.2. The van der Waals surface area contributed by atoms with Crippen molar-refractivity contribution in [1.29, 1.82) is 0 Å². The number of nitrogens with zero attached hydrogens (tertiary/aromatic N) is 1. The summed E-state index contributed by atoms with van der Waals surface area (Å²) in [7, 11) is 2.01. The highest BCUT2D eigenvalue weighted by Crippen LogP contribution is 2.14. The van der Waals surface area contributed by atoms with Crippen LogP contribution in [0.2, 0.25) is 0 Å². The van der Waals surface area contributed by atoms with Gasteiger partial charge in [-0.2, -0.15) is 0 Å². The molecule has 0 saturated carbocycles. The molecule has 0 atom stereocenters. The third-order valence-electron chi connectivity index (χ3n) is 2.94. The van der Waals surface area contributed by atoms with Crippen molar-refractivity contribution in [2.45, 2.75) is 39.7 Å². The average molecular weight is 306 g/mol. The molecule has 0 heterocycles. The summed E-state index contributed by atoms with van der Waals surface area (Å²) < 4.78 is 5.14. The van der Waals surface area contributed by atoms with E-state index in [1.54, 1.807) is 32.9 Å². The van der Waals surface area contributed by atoms with Crippen LogP contribution in [0.25, 0.3) is 0 Å². The summed E-state index contributed by atoms with van der Waals surface area (Å²) in [6, 6.07) is 7.31. The molecule has 0 aliphatic heterocycles. The van der Waals surface area contributed by atoms with Crippen LogP contribution < -0.4 is 10.2 Å². The first-order chi connectivity index (χ1) is 10.2. The number of anilines is 1. The van der Waals surface area contributed by atoms with Crippen LogP contribution in [-0.2, 0) is 9.53 Å². The van der Waals surface area contributed by atoms with Gasteiger partial charge < -0.3 is 15.0 Å². The number of esters is 1. The number of carbonyl (C=O) groups is 2. The molecule has 0 unspecified atom stereocenters. The van der Waals surface area contributed by atoms with E-state index >= 15 is 0 Å². The van der Waals surface area contributed by atoms with Gasteiger partial charge in [-0.25, -0.2) is 0 Å². The SMILES string of the molecule is CCCN(C)c1ccc(C(=O)NCC(=O)OC(C)(C)C)cc1. The first kappa shape index (κ1) is 18.0.